The predicted molar refractivity (Wildman–Crippen MR) is 62.4 cm³/mol. The lowest BCUT2D eigenvalue weighted by atomic mass is 10.2. The Bertz CT molecular complexity index is 201. The first-order valence-corrected chi connectivity index (χ1v) is 4.77. The van der Waals surface area contributed by atoms with E-state index in [1.165, 1.54) is 25.0 Å². The molecule has 0 aromatic heterocycles. The smallest absolute Gasteiger partial charge is 0.171 e. The second-order valence-corrected chi connectivity index (χ2v) is 2.68. The number of hydrogen-bond donors (Lipinski definition) is 0. The average molecular weight is 226 g/mol. The van der Waals surface area contributed by atoms with Gasteiger partial charge in [-0.2, -0.15) is 0 Å². The summed E-state index contributed by atoms with van der Waals surface area (Å²) in [6, 6.07) is 0. The molecule has 0 saturated carbocycles. The molecule has 0 aliphatic heterocycles. The van der Waals surface area contributed by atoms with Crippen LogP contribution in [0.5, 0.6) is 0 Å². The van der Waals surface area contributed by atoms with E-state index in [0.717, 1.165) is 0 Å². The van der Waals surface area contributed by atoms with Gasteiger partial charge in [-0.05, 0) is 0 Å². The van der Waals surface area contributed by atoms with E-state index in [4.69, 9.17) is 18.9 Å². The molecule has 4 nitrogen and oxygen atoms in total. The first-order valence-electron chi connectivity index (χ1n) is 4.77. The van der Waals surface area contributed by atoms with Crippen LogP contribution in [0.2, 0.25) is 0 Å². The first-order chi connectivity index (χ1) is 7.79. The molecule has 0 heterocycles. The van der Waals surface area contributed by atoms with Gasteiger partial charge in [0.2, 0.25) is 0 Å². The highest BCUT2D eigenvalue weighted by Gasteiger charge is 2.24. The summed E-state index contributed by atoms with van der Waals surface area (Å²) in [5, 5.41) is 0. The maximum Gasteiger partial charge on any atom is 0.171 e. The summed E-state index contributed by atoms with van der Waals surface area (Å²) in [5.41, 5.74) is 0. The maximum atomic E-state index is 5.26. The first kappa shape index (κ1) is 14.2. The van der Waals surface area contributed by atoms with Crippen molar-refractivity contribution in [3.05, 3.63) is 51.4 Å². The van der Waals surface area contributed by atoms with Crippen molar-refractivity contribution in [1.82, 2.24) is 0 Å². The summed E-state index contributed by atoms with van der Waals surface area (Å²) >= 11 is 0. The molecule has 4 heteroatoms. The minimum absolute atomic E-state index is 0.286. The molecule has 0 aliphatic rings. The fourth-order valence-electron chi connectivity index (χ4n) is 1.04. The van der Waals surface area contributed by atoms with Crippen LogP contribution in [-0.2, 0) is 18.9 Å². The van der Waals surface area contributed by atoms with Gasteiger partial charge in [0.15, 0.2) is 12.2 Å². The third-order valence-electron chi connectivity index (χ3n) is 1.71. The van der Waals surface area contributed by atoms with Gasteiger partial charge in [0, 0.05) is 0 Å². The van der Waals surface area contributed by atoms with E-state index in [9.17, 15) is 0 Å². The number of rotatable bonds is 11. The van der Waals surface area contributed by atoms with E-state index < -0.39 is 0 Å². The standard InChI is InChI=1S/C12H18O4/c1-5-13-9-11(15-7-3)12(16-8-4)10-14-6-2/h5-8,11-12H,1-4,9-10H2/t11-,12+. The topological polar surface area (TPSA) is 36.9 Å². The SMILES string of the molecule is C=COC[C@H](OC=C)[C@@H](COC=C)OC=C. The number of hydrogen-bond acceptors (Lipinski definition) is 4. The molecule has 2 atom stereocenters. The van der Waals surface area contributed by atoms with Crippen LogP contribution in [0.4, 0.5) is 0 Å². The molecule has 0 amide bonds. The zero-order chi connectivity index (χ0) is 12.2. The minimum atomic E-state index is -0.353. The Morgan fingerprint density at radius 2 is 1.06 bits per heavy atom. The van der Waals surface area contributed by atoms with Crippen molar-refractivity contribution in [3.63, 3.8) is 0 Å². The second-order valence-electron chi connectivity index (χ2n) is 2.68. The van der Waals surface area contributed by atoms with Gasteiger partial charge >= 0.3 is 0 Å². The van der Waals surface area contributed by atoms with Gasteiger partial charge < -0.3 is 18.9 Å². The van der Waals surface area contributed by atoms with Crippen LogP contribution in [0, 0.1) is 0 Å². The third-order valence-corrected chi connectivity index (χ3v) is 1.71. The van der Waals surface area contributed by atoms with Crippen molar-refractivity contribution < 1.29 is 18.9 Å². The molecular weight excluding hydrogens is 208 g/mol. The largest absolute Gasteiger partial charge is 0.498 e. The van der Waals surface area contributed by atoms with Crippen molar-refractivity contribution in [1.29, 1.82) is 0 Å². The highest BCUT2D eigenvalue weighted by Crippen LogP contribution is 2.08. The quantitative estimate of drug-likeness (QED) is 0.507. The third kappa shape index (κ3) is 5.80. The van der Waals surface area contributed by atoms with E-state index in [2.05, 4.69) is 26.3 Å². The molecule has 0 aromatic rings. The zero-order valence-corrected chi connectivity index (χ0v) is 9.34. The molecule has 0 saturated heterocycles. The normalized spacial score (nSPS) is 12.8. The van der Waals surface area contributed by atoms with Gasteiger partial charge in [-0.25, -0.2) is 0 Å². The summed E-state index contributed by atoms with van der Waals surface area (Å²) in [7, 11) is 0. The predicted octanol–water partition coefficient (Wildman–Crippen LogP) is 2.36. The summed E-state index contributed by atoms with van der Waals surface area (Å²) in [5.74, 6) is 0. The van der Waals surface area contributed by atoms with Crippen LogP contribution >= 0.6 is 0 Å². The Morgan fingerprint density at radius 3 is 1.31 bits per heavy atom. The second kappa shape index (κ2) is 9.71. The van der Waals surface area contributed by atoms with Gasteiger partial charge in [-0.15, -0.1) is 0 Å². The lowest BCUT2D eigenvalue weighted by Gasteiger charge is -2.24. The molecule has 0 N–H and O–H groups in total. The van der Waals surface area contributed by atoms with Crippen LogP contribution in [0.15, 0.2) is 51.4 Å². The zero-order valence-electron chi connectivity index (χ0n) is 9.34. The Labute approximate surface area is 96.4 Å². The molecule has 0 aromatic carbocycles. The van der Waals surface area contributed by atoms with Crippen LogP contribution in [0.3, 0.4) is 0 Å². The van der Waals surface area contributed by atoms with Crippen LogP contribution in [-0.4, -0.2) is 25.4 Å². The van der Waals surface area contributed by atoms with Crippen LogP contribution < -0.4 is 0 Å². The molecule has 0 spiro atoms. The molecule has 0 rings (SSSR count). The molecule has 90 valence electrons. The van der Waals surface area contributed by atoms with Crippen molar-refractivity contribution in [3.8, 4) is 0 Å². The van der Waals surface area contributed by atoms with Gasteiger partial charge in [0.1, 0.15) is 13.2 Å². The van der Waals surface area contributed by atoms with E-state index in [0.29, 0.717) is 0 Å². The molecule has 0 aliphatic carbocycles. The van der Waals surface area contributed by atoms with E-state index in [1.54, 1.807) is 0 Å². The molecule has 0 radical (unpaired) electrons. The highest BCUT2D eigenvalue weighted by molar-refractivity contribution is 4.77. The van der Waals surface area contributed by atoms with Crippen LogP contribution in [0.1, 0.15) is 0 Å². The van der Waals surface area contributed by atoms with Gasteiger partial charge in [-0.3, -0.25) is 0 Å². The Morgan fingerprint density at radius 1 is 0.688 bits per heavy atom. The van der Waals surface area contributed by atoms with E-state index >= 15 is 0 Å². The molecule has 0 fully saturated rings. The van der Waals surface area contributed by atoms with Gasteiger partial charge in [0.25, 0.3) is 0 Å². The summed E-state index contributed by atoms with van der Waals surface area (Å²) in [6.07, 6.45) is 4.61. The molecule has 0 unspecified atom stereocenters. The van der Waals surface area contributed by atoms with Gasteiger partial charge in [0.05, 0.1) is 25.0 Å². The fourth-order valence-corrected chi connectivity index (χ4v) is 1.04. The molecule has 16 heavy (non-hydrogen) atoms. The Kier molecular flexibility index (Phi) is 8.59. The molecule has 0 bridgehead atoms. The van der Waals surface area contributed by atoms with Crippen molar-refractivity contribution in [2.24, 2.45) is 0 Å². The Hall–Kier alpha value is -1.84. The number of ether oxygens (including phenoxy) is 4. The van der Waals surface area contributed by atoms with E-state index in [1.807, 2.05) is 0 Å². The van der Waals surface area contributed by atoms with Crippen molar-refractivity contribution >= 4 is 0 Å². The molecular formula is C12H18O4. The lowest BCUT2D eigenvalue weighted by Crippen LogP contribution is -2.36. The Balaban J connectivity index is 4.34. The average Bonchev–Trinajstić information content (AvgIpc) is 2.30. The monoisotopic (exact) mass is 226 g/mol. The van der Waals surface area contributed by atoms with Gasteiger partial charge in [-0.1, -0.05) is 26.3 Å². The summed E-state index contributed by atoms with van der Waals surface area (Å²) < 4.78 is 20.6. The van der Waals surface area contributed by atoms with Crippen molar-refractivity contribution in [2.75, 3.05) is 13.2 Å². The lowest BCUT2D eigenvalue weighted by molar-refractivity contribution is -0.0560. The van der Waals surface area contributed by atoms with Crippen molar-refractivity contribution in [2.45, 2.75) is 12.2 Å². The van der Waals surface area contributed by atoms with Crippen LogP contribution in [0.25, 0.3) is 0 Å². The summed E-state index contributed by atoms with van der Waals surface area (Å²) in [4.78, 5) is 0. The highest BCUT2D eigenvalue weighted by atomic mass is 16.6. The fraction of sp³-hybridized carbons (Fsp3) is 0.333. The van der Waals surface area contributed by atoms with E-state index in [-0.39, 0.29) is 25.4 Å². The maximum absolute atomic E-state index is 5.26. The summed E-state index contributed by atoms with van der Waals surface area (Å²) in [6.45, 7) is 14.4. The minimum Gasteiger partial charge on any atom is -0.498 e.